The van der Waals surface area contributed by atoms with Gasteiger partial charge in [0, 0.05) is 37.0 Å². The third-order valence-electron chi connectivity index (χ3n) is 7.53. The number of fused-ring (bicyclic) bond motifs is 1. The van der Waals surface area contributed by atoms with Crippen LogP contribution in [0.1, 0.15) is 29.7 Å². The van der Waals surface area contributed by atoms with Gasteiger partial charge in [0.25, 0.3) is 0 Å². The SMILES string of the molecule is COc1cc(OC)c(F)c(N2Cc3cnc(Nc4ccccn4)nc3N(C(C)c3cccc(CC(=O)/C=C/CN(C)C)c3)C2=O)c1F. The largest absolute Gasteiger partial charge is 0.493 e. The predicted octanol–water partition coefficient (Wildman–Crippen LogP) is 5.85. The number of hydrogen-bond acceptors (Lipinski definition) is 9. The summed E-state index contributed by atoms with van der Waals surface area (Å²) < 4.78 is 41.7. The lowest BCUT2D eigenvalue weighted by Crippen LogP contribution is -2.49. The van der Waals surface area contributed by atoms with Crippen molar-refractivity contribution < 1.29 is 27.8 Å². The molecule has 0 saturated heterocycles. The number of urea groups is 1. The molecule has 1 N–H and O–H groups in total. The maximum absolute atomic E-state index is 15.7. The molecular formula is C34H35F2N7O4. The molecule has 0 aliphatic carbocycles. The van der Waals surface area contributed by atoms with Crippen molar-refractivity contribution in [2.45, 2.75) is 25.9 Å². The number of hydrogen-bond donors (Lipinski definition) is 1. The molecular weight excluding hydrogens is 608 g/mol. The lowest BCUT2D eigenvalue weighted by Gasteiger charge is -2.39. The summed E-state index contributed by atoms with van der Waals surface area (Å²) in [6, 6.07) is 12.2. The number of amides is 2. The first-order valence-electron chi connectivity index (χ1n) is 14.8. The minimum Gasteiger partial charge on any atom is -0.493 e. The molecule has 1 aliphatic rings. The maximum atomic E-state index is 15.7. The first kappa shape index (κ1) is 32.9. The summed E-state index contributed by atoms with van der Waals surface area (Å²) >= 11 is 0. The van der Waals surface area contributed by atoms with Crippen LogP contribution in [-0.2, 0) is 17.8 Å². The number of rotatable bonds is 12. The quantitative estimate of drug-likeness (QED) is 0.190. The number of ketones is 1. The number of pyridine rings is 1. The van der Waals surface area contributed by atoms with E-state index in [2.05, 4.69) is 20.3 Å². The Labute approximate surface area is 271 Å². The van der Waals surface area contributed by atoms with Crippen LogP contribution in [0.5, 0.6) is 11.5 Å². The Hall–Kier alpha value is -5.43. The molecule has 2 amide bonds. The first-order chi connectivity index (χ1) is 22.6. The topological polar surface area (TPSA) is 113 Å². The van der Waals surface area contributed by atoms with Crippen molar-refractivity contribution in [1.29, 1.82) is 0 Å². The summed E-state index contributed by atoms with van der Waals surface area (Å²) in [6.07, 6.45) is 6.61. The summed E-state index contributed by atoms with van der Waals surface area (Å²) in [5.41, 5.74) is 1.22. The summed E-state index contributed by atoms with van der Waals surface area (Å²) in [7, 11) is 6.30. The molecule has 1 unspecified atom stereocenters. The van der Waals surface area contributed by atoms with Crippen molar-refractivity contribution in [1.82, 2.24) is 19.9 Å². The number of ether oxygens (including phenoxy) is 2. The highest BCUT2D eigenvalue weighted by Crippen LogP contribution is 2.42. The molecule has 1 atom stereocenters. The second kappa shape index (κ2) is 14.3. The molecule has 0 saturated carbocycles. The van der Waals surface area contributed by atoms with Crippen LogP contribution in [0, 0.1) is 11.6 Å². The van der Waals surface area contributed by atoms with Crippen molar-refractivity contribution in [3.63, 3.8) is 0 Å². The van der Waals surface area contributed by atoms with Crippen LogP contribution in [0.25, 0.3) is 0 Å². The number of anilines is 4. The van der Waals surface area contributed by atoms with E-state index in [0.717, 1.165) is 16.5 Å². The lowest BCUT2D eigenvalue weighted by atomic mass is 10.00. The van der Waals surface area contributed by atoms with Crippen molar-refractivity contribution in [3.05, 3.63) is 101 Å². The molecule has 4 aromatic rings. The zero-order chi connectivity index (χ0) is 33.7. The van der Waals surface area contributed by atoms with E-state index < -0.39 is 29.4 Å². The zero-order valence-corrected chi connectivity index (χ0v) is 26.7. The van der Waals surface area contributed by atoms with Gasteiger partial charge in [-0.05, 0) is 50.4 Å². The molecule has 0 spiro atoms. The summed E-state index contributed by atoms with van der Waals surface area (Å²) in [6.45, 7) is 2.17. The third-order valence-corrected chi connectivity index (χ3v) is 7.53. The van der Waals surface area contributed by atoms with Crippen LogP contribution >= 0.6 is 0 Å². The minimum atomic E-state index is -1.06. The number of carbonyl (C=O) groups is 2. The van der Waals surface area contributed by atoms with Crippen LogP contribution in [-0.4, -0.2) is 66.5 Å². The van der Waals surface area contributed by atoms with Crippen LogP contribution in [0.4, 0.5) is 36.8 Å². The van der Waals surface area contributed by atoms with Crippen molar-refractivity contribution in [2.24, 2.45) is 0 Å². The van der Waals surface area contributed by atoms with Crippen molar-refractivity contribution in [3.8, 4) is 11.5 Å². The average Bonchev–Trinajstić information content (AvgIpc) is 3.05. The van der Waals surface area contributed by atoms with Gasteiger partial charge in [0.1, 0.15) is 17.3 Å². The summed E-state index contributed by atoms with van der Waals surface area (Å²) in [5.74, 6) is -1.88. The van der Waals surface area contributed by atoms with Gasteiger partial charge in [0.05, 0.1) is 26.8 Å². The predicted molar refractivity (Wildman–Crippen MR) is 174 cm³/mol. The summed E-state index contributed by atoms with van der Waals surface area (Å²) in [5, 5.41) is 3.03. The van der Waals surface area contributed by atoms with Gasteiger partial charge in [-0.1, -0.05) is 36.4 Å². The Morgan fingerprint density at radius 3 is 2.47 bits per heavy atom. The number of nitrogens with one attached hydrogen (secondary N) is 1. The number of likely N-dealkylation sites (N-methyl/N-ethyl adjacent to an activating group) is 1. The van der Waals surface area contributed by atoms with E-state index in [1.165, 1.54) is 25.3 Å². The van der Waals surface area contributed by atoms with Crippen LogP contribution in [0.15, 0.2) is 73.1 Å². The number of allylic oxidation sites excluding steroid dienone is 1. The summed E-state index contributed by atoms with van der Waals surface area (Å²) in [4.78, 5) is 44.6. The van der Waals surface area contributed by atoms with Crippen LogP contribution in [0.3, 0.4) is 0 Å². The van der Waals surface area contributed by atoms with E-state index in [0.29, 0.717) is 23.5 Å². The number of halogens is 2. The number of methoxy groups -OCH3 is 2. The lowest BCUT2D eigenvalue weighted by molar-refractivity contribution is -0.114. The van der Waals surface area contributed by atoms with Gasteiger partial charge < -0.3 is 19.7 Å². The molecule has 3 heterocycles. The standard InChI is InChI=1S/C34H35F2N7O4/c1-21(23-11-8-10-22(16-23)17-25(44)12-9-15-41(2)3)43-32-24(19-38-33(40-32)39-28-13-6-7-14-37-28)20-42(34(43)45)31-29(35)26(46-4)18-27(47-5)30(31)36/h6-14,16,18-19,21H,15,17,20H2,1-5H3,(H,37,38,39,40)/b12-9+. The molecule has 2 aromatic heterocycles. The van der Waals surface area contributed by atoms with Crippen LogP contribution < -0.4 is 24.6 Å². The molecule has 5 rings (SSSR count). The Morgan fingerprint density at radius 1 is 1.06 bits per heavy atom. The monoisotopic (exact) mass is 643 g/mol. The van der Waals surface area contributed by atoms with Gasteiger partial charge in [0.15, 0.2) is 28.9 Å². The van der Waals surface area contributed by atoms with E-state index in [9.17, 15) is 9.59 Å². The van der Waals surface area contributed by atoms with Crippen LogP contribution in [0.2, 0.25) is 0 Å². The molecule has 244 valence electrons. The highest BCUT2D eigenvalue weighted by Gasteiger charge is 2.40. The Kier molecular flexibility index (Phi) is 10.0. The molecule has 1 aliphatic heterocycles. The number of benzene rings is 2. The molecule has 13 heteroatoms. The van der Waals surface area contributed by atoms with Gasteiger partial charge in [-0.25, -0.2) is 23.5 Å². The van der Waals surface area contributed by atoms with Gasteiger partial charge >= 0.3 is 6.03 Å². The van der Waals surface area contributed by atoms with E-state index in [-0.39, 0.29) is 42.0 Å². The molecule has 2 aromatic carbocycles. The molecule has 11 nitrogen and oxygen atoms in total. The smallest absolute Gasteiger partial charge is 0.331 e. The van der Waals surface area contributed by atoms with E-state index >= 15 is 8.78 Å². The molecule has 0 fully saturated rings. The highest BCUT2D eigenvalue weighted by molar-refractivity contribution is 6.06. The van der Waals surface area contributed by atoms with Crippen molar-refractivity contribution in [2.75, 3.05) is 50.0 Å². The maximum Gasteiger partial charge on any atom is 0.331 e. The van der Waals surface area contributed by atoms with Gasteiger partial charge in [0.2, 0.25) is 5.95 Å². The average molecular weight is 644 g/mol. The Balaban J connectivity index is 1.57. The second-order valence-electron chi connectivity index (χ2n) is 11.1. The normalized spacial score (nSPS) is 13.6. The fourth-order valence-electron chi connectivity index (χ4n) is 5.19. The number of aromatic nitrogens is 3. The fraction of sp³-hybridized carbons (Fsp3) is 0.265. The zero-order valence-electron chi connectivity index (χ0n) is 26.7. The van der Waals surface area contributed by atoms with E-state index in [4.69, 9.17) is 9.47 Å². The second-order valence-corrected chi connectivity index (χ2v) is 11.1. The highest BCUT2D eigenvalue weighted by atomic mass is 19.1. The number of nitrogens with zero attached hydrogens (tertiary/aromatic N) is 6. The minimum absolute atomic E-state index is 0.0712. The molecule has 0 bridgehead atoms. The van der Waals surface area contributed by atoms with Gasteiger partial charge in [-0.15, -0.1) is 0 Å². The van der Waals surface area contributed by atoms with Gasteiger partial charge in [-0.2, -0.15) is 4.98 Å². The molecule has 47 heavy (non-hydrogen) atoms. The fourth-order valence-corrected chi connectivity index (χ4v) is 5.19. The third kappa shape index (κ3) is 7.20. The number of carbonyl (C=O) groups excluding carboxylic acids is 2. The molecule has 0 radical (unpaired) electrons. The van der Waals surface area contributed by atoms with Crippen molar-refractivity contribution >= 4 is 35.1 Å². The van der Waals surface area contributed by atoms with E-state index in [1.807, 2.05) is 37.2 Å². The Morgan fingerprint density at radius 2 is 1.81 bits per heavy atom. The van der Waals surface area contributed by atoms with Gasteiger partial charge in [-0.3, -0.25) is 14.6 Å². The van der Waals surface area contributed by atoms with E-state index in [1.54, 1.807) is 49.5 Å². The Bertz CT molecular complexity index is 1770. The first-order valence-corrected chi connectivity index (χ1v) is 14.8.